The van der Waals surface area contributed by atoms with E-state index in [9.17, 15) is 14.4 Å². The average molecular weight is 392 g/mol. The van der Waals surface area contributed by atoms with Crippen LogP contribution in [0.1, 0.15) is 30.7 Å². The molecule has 2 aromatic rings. The number of pyridine rings is 1. The topological polar surface area (TPSA) is 94.6 Å². The summed E-state index contributed by atoms with van der Waals surface area (Å²) in [6.07, 6.45) is 4.36. The molecule has 2 aliphatic heterocycles. The van der Waals surface area contributed by atoms with Crippen LogP contribution >= 0.6 is 0 Å². The van der Waals surface area contributed by atoms with Gasteiger partial charge in [0, 0.05) is 17.5 Å². The maximum atomic E-state index is 12.7. The van der Waals surface area contributed by atoms with E-state index in [1.807, 2.05) is 13.0 Å². The number of ether oxygens (including phenoxy) is 2. The molecule has 1 N–H and O–H groups in total. The zero-order valence-electron chi connectivity index (χ0n) is 16.2. The molecule has 3 heterocycles. The van der Waals surface area contributed by atoms with Crippen LogP contribution in [0.5, 0.6) is 5.75 Å². The van der Waals surface area contributed by atoms with Crippen molar-refractivity contribution >= 4 is 35.3 Å². The molecular formula is C22H20N2O5. The van der Waals surface area contributed by atoms with Crippen molar-refractivity contribution in [2.75, 3.05) is 6.61 Å². The van der Waals surface area contributed by atoms with E-state index >= 15 is 0 Å². The molecule has 29 heavy (non-hydrogen) atoms. The Kier molecular flexibility index (Phi) is 4.88. The van der Waals surface area contributed by atoms with E-state index in [0.717, 1.165) is 27.7 Å². The molecule has 1 atom stereocenters. The van der Waals surface area contributed by atoms with Crippen LogP contribution in [0.4, 0.5) is 0 Å². The molecule has 0 saturated heterocycles. The molecule has 2 aliphatic rings. The van der Waals surface area contributed by atoms with Crippen LogP contribution in [0.15, 0.2) is 35.4 Å². The van der Waals surface area contributed by atoms with Crippen LogP contribution in [0.25, 0.3) is 17.0 Å². The summed E-state index contributed by atoms with van der Waals surface area (Å²) < 4.78 is 10.1. The Bertz CT molecular complexity index is 1100. The third-order valence-corrected chi connectivity index (χ3v) is 5.39. The molecule has 7 heteroatoms. The van der Waals surface area contributed by atoms with E-state index in [4.69, 9.17) is 14.5 Å². The van der Waals surface area contributed by atoms with Gasteiger partial charge >= 0.3 is 5.97 Å². The lowest BCUT2D eigenvalue weighted by molar-refractivity contribution is -0.147. The number of carbonyl (C=O) groups excluding carboxylic acids is 3. The fraction of sp³-hybridized carbons (Fsp3) is 0.273. The Balaban J connectivity index is 1.90. The van der Waals surface area contributed by atoms with Gasteiger partial charge in [-0.1, -0.05) is 13.0 Å². The molecule has 4 rings (SSSR count). The van der Waals surface area contributed by atoms with Gasteiger partial charge in [0.05, 0.1) is 22.7 Å². The third kappa shape index (κ3) is 3.29. The molecule has 0 fully saturated rings. The maximum Gasteiger partial charge on any atom is 0.313 e. The lowest BCUT2D eigenvalue weighted by atomic mass is 9.92. The lowest BCUT2D eigenvalue weighted by Gasteiger charge is -2.22. The van der Waals surface area contributed by atoms with E-state index in [1.165, 1.54) is 0 Å². The number of allylic oxidation sites excluding steroid dienone is 1. The van der Waals surface area contributed by atoms with Crippen molar-refractivity contribution in [2.24, 2.45) is 5.92 Å². The highest BCUT2D eigenvalue weighted by Crippen LogP contribution is 2.31. The highest BCUT2D eigenvalue weighted by atomic mass is 16.5. The van der Waals surface area contributed by atoms with Gasteiger partial charge < -0.3 is 14.8 Å². The van der Waals surface area contributed by atoms with E-state index in [-0.39, 0.29) is 18.5 Å². The van der Waals surface area contributed by atoms with Gasteiger partial charge in [0.2, 0.25) is 0 Å². The minimum absolute atomic E-state index is 0.0343. The summed E-state index contributed by atoms with van der Waals surface area (Å²) in [4.78, 5) is 40.2. The largest absolute Gasteiger partial charge is 0.460 e. The number of carbonyl (C=O) groups is 3. The lowest BCUT2D eigenvalue weighted by Crippen LogP contribution is -2.33. The van der Waals surface area contributed by atoms with Gasteiger partial charge in [0.25, 0.3) is 12.4 Å². The van der Waals surface area contributed by atoms with E-state index in [1.54, 1.807) is 31.2 Å². The number of fused-ring (bicyclic) bond motifs is 2. The number of aromatic nitrogens is 1. The first-order chi connectivity index (χ1) is 14.0. The van der Waals surface area contributed by atoms with Crippen molar-refractivity contribution < 1.29 is 23.9 Å². The van der Waals surface area contributed by atoms with E-state index in [2.05, 4.69) is 5.32 Å². The summed E-state index contributed by atoms with van der Waals surface area (Å²) in [5.74, 6) is -0.675. The van der Waals surface area contributed by atoms with Crippen molar-refractivity contribution in [3.8, 4) is 5.75 Å². The summed E-state index contributed by atoms with van der Waals surface area (Å²) in [5.41, 5.74) is 4.53. The van der Waals surface area contributed by atoms with Gasteiger partial charge in [-0.2, -0.15) is 0 Å². The number of aryl methyl sites for hydroxylation is 1. The number of hydrogen-bond acceptors (Lipinski definition) is 6. The monoisotopic (exact) mass is 392 g/mol. The summed E-state index contributed by atoms with van der Waals surface area (Å²) in [6, 6.07) is 5.28. The molecular weight excluding hydrogens is 372 g/mol. The Morgan fingerprint density at radius 2 is 2.14 bits per heavy atom. The zero-order chi connectivity index (χ0) is 20.5. The van der Waals surface area contributed by atoms with Crippen LogP contribution in [0, 0.1) is 5.92 Å². The molecule has 0 radical (unpaired) electrons. The minimum Gasteiger partial charge on any atom is -0.460 e. The Morgan fingerprint density at radius 3 is 2.90 bits per heavy atom. The number of nitrogens with zero attached hydrogens (tertiary/aromatic N) is 1. The maximum absolute atomic E-state index is 12.7. The molecule has 1 amide bonds. The second kappa shape index (κ2) is 7.50. The first-order valence-electron chi connectivity index (χ1n) is 9.45. The summed E-state index contributed by atoms with van der Waals surface area (Å²) in [7, 11) is 0. The molecule has 1 aromatic heterocycles. The molecule has 7 nitrogen and oxygen atoms in total. The quantitative estimate of drug-likeness (QED) is 0.637. The normalized spacial score (nSPS) is 19.9. The van der Waals surface area contributed by atoms with Crippen LogP contribution in [0.2, 0.25) is 0 Å². The molecule has 0 spiro atoms. The summed E-state index contributed by atoms with van der Waals surface area (Å²) in [5, 5.41) is 3.81. The van der Waals surface area contributed by atoms with Crippen molar-refractivity contribution in [3.63, 3.8) is 0 Å². The predicted octanol–water partition coefficient (Wildman–Crippen LogP) is 2.46. The smallest absolute Gasteiger partial charge is 0.313 e. The number of esters is 1. The van der Waals surface area contributed by atoms with Gasteiger partial charge in [-0.25, -0.2) is 4.98 Å². The molecule has 0 bridgehead atoms. The second-order valence-corrected chi connectivity index (χ2v) is 6.98. The fourth-order valence-corrected chi connectivity index (χ4v) is 3.86. The van der Waals surface area contributed by atoms with E-state index < -0.39 is 5.92 Å². The summed E-state index contributed by atoms with van der Waals surface area (Å²) >= 11 is 0. The Morgan fingerprint density at radius 1 is 1.31 bits per heavy atom. The molecule has 1 unspecified atom stereocenters. The standard InChI is InChI=1S/C22H20N2O5/c1-3-14-16-8-13(29-11-25)4-6-19(16)24-20-7-5-15-12(2)22(27)28-10-18(15)21(26)23-9-17(14)20/h4-8,11-12H,3,9-10H2,1-2H3,(H,23,26)/b7-5+. The van der Waals surface area contributed by atoms with Crippen LogP contribution < -0.4 is 10.1 Å². The van der Waals surface area contributed by atoms with Gasteiger partial charge in [-0.15, -0.1) is 0 Å². The summed E-state index contributed by atoms with van der Waals surface area (Å²) in [6.45, 7) is 4.41. The molecule has 1 aromatic carbocycles. The van der Waals surface area contributed by atoms with Gasteiger partial charge in [0.15, 0.2) is 0 Å². The van der Waals surface area contributed by atoms with Gasteiger partial charge in [-0.3, -0.25) is 14.4 Å². The Labute approximate surface area is 167 Å². The number of hydrogen-bond donors (Lipinski definition) is 1. The minimum atomic E-state index is -0.517. The van der Waals surface area contributed by atoms with Gasteiger partial charge in [0.1, 0.15) is 12.4 Å². The first kappa shape index (κ1) is 18.9. The highest BCUT2D eigenvalue weighted by molar-refractivity contribution is 5.98. The predicted molar refractivity (Wildman–Crippen MR) is 106 cm³/mol. The van der Waals surface area contributed by atoms with Crippen LogP contribution in [-0.4, -0.2) is 29.9 Å². The SMILES string of the molecule is CCc1c2c(nc3ccc(OC=O)cc13)/C=C/C1=C(COC(=O)C1C)C(=O)NC2. The first-order valence-corrected chi connectivity index (χ1v) is 9.45. The number of rotatable bonds is 3. The average Bonchev–Trinajstić information content (AvgIpc) is 2.78. The fourth-order valence-electron chi connectivity index (χ4n) is 3.86. The van der Waals surface area contributed by atoms with Gasteiger partial charge in [-0.05, 0) is 48.8 Å². The number of nitrogens with one attached hydrogen (secondary N) is 1. The highest BCUT2D eigenvalue weighted by Gasteiger charge is 2.30. The Hall–Kier alpha value is -3.48. The molecule has 0 aliphatic carbocycles. The van der Waals surface area contributed by atoms with Crippen molar-refractivity contribution in [2.45, 2.75) is 26.8 Å². The molecule has 148 valence electrons. The van der Waals surface area contributed by atoms with Crippen LogP contribution in [0.3, 0.4) is 0 Å². The van der Waals surface area contributed by atoms with Crippen LogP contribution in [-0.2, 0) is 32.1 Å². The number of cyclic esters (lactones) is 1. The third-order valence-electron chi connectivity index (χ3n) is 5.39. The van der Waals surface area contributed by atoms with Crippen molar-refractivity contribution in [1.82, 2.24) is 10.3 Å². The molecule has 0 saturated carbocycles. The van der Waals surface area contributed by atoms with E-state index in [0.29, 0.717) is 36.3 Å². The number of amides is 1. The van der Waals surface area contributed by atoms with Crippen molar-refractivity contribution in [1.29, 1.82) is 0 Å². The zero-order valence-corrected chi connectivity index (χ0v) is 16.2. The number of benzene rings is 1. The second-order valence-electron chi connectivity index (χ2n) is 6.98. The van der Waals surface area contributed by atoms with Crippen molar-refractivity contribution in [3.05, 3.63) is 52.2 Å².